The molecule has 0 N–H and O–H groups in total. The number of rotatable bonds is 0. The summed E-state index contributed by atoms with van der Waals surface area (Å²) in [6.45, 7) is 3.63. The van der Waals surface area contributed by atoms with Gasteiger partial charge in [-0.25, -0.2) is 0 Å². The number of aromatic nitrogens is 1. The number of fused-ring (bicyclic) bond motifs is 1. The fourth-order valence-electron chi connectivity index (χ4n) is 1.38. The Kier molecular flexibility index (Phi) is 1.84. The highest BCUT2D eigenvalue weighted by molar-refractivity contribution is 7.07. The summed E-state index contributed by atoms with van der Waals surface area (Å²) in [5.41, 5.74) is 0.888. The molecule has 2 rings (SSSR count). The molecule has 0 fully saturated rings. The molecule has 1 aromatic heterocycles. The van der Waals surface area contributed by atoms with Crippen molar-refractivity contribution in [3.63, 3.8) is 0 Å². The lowest BCUT2D eigenvalue weighted by Gasteiger charge is -2.04. The van der Waals surface area contributed by atoms with Crippen molar-refractivity contribution < 1.29 is 0 Å². The van der Waals surface area contributed by atoms with Crippen molar-refractivity contribution in [3.05, 3.63) is 19.7 Å². The molecule has 1 aliphatic rings. The zero-order valence-corrected chi connectivity index (χ0v) is 7.73. The molecule has 3 nitrogen and oxygen atoms in total. The van der Waals surface area contributed by atoms with Crippen LogP contribution in [-0.4, -0.2) is 11.1 Å². The van der Waals surface area contributed by atoms with Crippen LogP contribution in [0.3, 0.4) is 0 Å². The van der Waals surface area contributed by atoms with Crippen molar-refractivity contribution in [1.29, 1.82) is 0 Å². The van der Waals surface area contributed by atoms with E-state index in [-0.39, 0.29) is 4.87 Å². The fraction of sp³-hybridized carbons (Fsp3) is 0.500. The number of hydrogen-bond acceptors (Lipinski definition) is 3. The van der Waals surface area contributed by atoms with Crippen molar-refractivity contribution in [2.45, 2.75) is 19.9 Å². The van der Waals surface area contributed by atoms with Crippen molar-refractivity contribution in [3.8, 4) is 0 Å². The number of nitrogens with zero attached hydrogens (tertiary/aromatic N) is 2. The lowest BCUT2D eigenvalue weighted by Crippen LogP contribution is -2.35. The Hall–Kier alpha value is -0.900. The van der Waals surface area contributed by atoms with Gasteiger partial charge in [-0.2, -0.15) is 0 Å². The van der Waals surface area contributed by atoms with Gasteiger partial charge in [0.1, 0.15) is 5.49 Å². The molecule has 0 saturated carbocycles. The van der Waals surface area contributed by atoms with E-state index >= 15 is 0 Å². The second-order valence-corrected chi connectivity index (χ2v) is 3.72. The summed E-state index contributed by atoms with van der Waals surface area (Å²) < 4.78 is 2.78. The summed E-state index contributed by atoms with van der Waals surface area (Å²) in [5.74, 6) is 0. The molecular weight excluding hydrogens is 172 g/mol. The van der Waals surface area contributed by atoms with Crippen molar-refractivity contribution >= 4 is 17.4 Å². The van der Waals surface area contributed by atoms with E-state index in [9.17, 15) is 4.79 Å². The summed E-state index contributed by atoms with van der Waals surface area (Å²) in [5, 5.41) is 0. The minimum Gasteiger partial charge on any atom is -0.283 e. The first-order valence-electron chi connectivity index (χ1n) is 4.03. The quantitative estimate of drug-likeness (QED) is 0.544. The van der Waals surface area contributed by atoms with Gasteiger partial charge in [0.05, 0.1) is 4.53 Å². The van der Waals surface area contributed by atoms with Crippen LogP contribution in [0.1, 0.15) is 13.3 Å². The maximum Gasteiger partial charge on any atom is 0.309 e. The zero-order valence-electron chi connectivity index (χ0n) is 6.91. The summed E-state index contributed by atoms with van der Waals surface area (Å²) in [6, 6.07) is 0. The minimum absolute atomic E-state index is 0.126. The molecule has 2 heterocycles. The highest BCUT2D eigenvalue weighted by Crippen LogP contribution is 1.89. The molecule has 0 radical (unpaired) electrons. The van der Waals surface area contributed by atoms with Gasteiger partial charge in [-0.05, 0) is 13.3 Å². The van der Waals surface area contributed by atoms with E-state index in [1.807, 2.05) is 13.0 Å². The van der Waals surface area contributed by atoms with Crippen LogP contribution in [0.25, 0.3) is 6.08 Å². The Morgan fingerprint density at radius 3 is 3.25 bits per heavy atom. The van der Waals surface area contributed by atoms with Gasteiger partial charge in [0.25, 0.3) is 0 Å². The molecule has 0 amide bonds. The molecule has 0 bridgehead atoms. The monoisotopic (exact) mass is 182 g/mol. The Morgan fingerprint density at radius 1 is 1.67 bits per heavy atom. The van der Waals surface area contributed by atoms with Crippen LogP contribution in [0.4, 0.5) is 0 Å². The van der Waals surface area contributed by atoms with E-state index in [1.165, 1.54) is 11.3 Å². The van der Waals surface area contributed by atoms with Crippen LogP contribution in [0.15, 0.2) is 9.79 Å². The van der Waals surface area contributed by atoms with Gasteiger partial charge >= 0.3 is 4.87 Å². The normalized spacial score (nSPS) is 17.2. The second-order valence-electron chi connectivity index (χ2n) is 2.73. The standard InChI is InChI=1S/C8H10N2OS/c1-2-6-7-9-4-3-5-10(7)8(11)12-6/h2H,3-5H2,1H3. The molecule has 0 aliphatic carbocycles. The molecule has 4 heteroatoms. The zero-order chi connectivity index (χ0) is 8.55. The van der Waals surface area contributed by atoms with Gasteiger partial charge in [-0.1, -0.05) is 17.4 Å². The van der Waals surface area contributed by atoms with E-state index in [0.717, 1.165) is 29.5 Å². The lowest BCUT2D eigenvalue weighted by molar-refractivity contribution is 0.567. The molecule has 0 atom stereocenters. The molecule has 0 spiro atoms. The highest BCUT2D eigenvalue weighted by atomic mass is 32.1. The van der Waals surface area contributed by atoms with E-state index in [4.69, 9.17) is 0 Å². The third kappa shape index (κ3) is 1.03. The predicted octanol–water partition coefficient (Wildman–Crippen LogP) is -0.267. The first-order chi connectivity index (χ1) is 5.83. The van der Waals surface area contributed by atoms with Crippen LogP contribution in [0, 0.1) is 0 Å². The molecule has 0 saturated heterocycles. The molecule has 64 valence electrons. The molecule has 1 aliphatic heterocycles. The van der Waals surface area contributed by atoms with Crippen LogP contribution in [0.5, 0.6) is 0 Å². The fourth-order valence-corrected chi connectivity index (χ4v) is 2.24. The Labute approximate surface area is 73.7 Å². The minimum atomic E-state index is 0.126. The Balaban J connectivity index is 2.91. The van der Waals surface area contributed by atoms with Crippen LogP contribution >= 0.6 is 11.3 Å². The van der Waals surface area contributed by atoms with E-state index in [0.29, 0.717) is 0 Å². The van der Waals surface area contributed by atoms with Crippen molar-refractivity contribution in [2.75, 3.05) is 6.54 Å². The third-order valence-electron chi connectivity index (χ3n) is 1.96. The average molecular weight is 182 g/mol. The molecule has 0 aromatic carbocycles. The average Bonchev–Trinajstić information content (AvgIpc) is 2.44. The van der Waals surface area contributed by atoms with Crippen molar-refractivity contribution in [2.24, 2.45) is 4.99 Å². The largest absolute Gasteiger partial charge is 0.309 e. The van der Waals surface area contributed by atoms with Gasteiger partial charge in [0.2, 0.25) is 0 Å². The first kappa shape index (κ1) is 7.73. The van der Waals surface area contributed by atoms with Crippen LogP contribution < -0.4 is 14.9 Å². The van der Waals surface area contributed by atoms with E-state index in [2.05, 4.69) is 4.99 Å². The van der Waals surface area contributed by atoms with Gasteiger partial charge in [-0.3, -0.25) is 14.4 Å². The third-order valence-corrected chi connectivity index (χ3v) is 2.99. The van der Waals surface area contributed by atoms with Gasteiger partial charge in [-0.15, -0.1) is 0 Å². The van der Waals surface area contributed by atoms with E-state index < -0.39 is 0 Å². The first-order valence-corrected chi connectivity index (χ1v) is 4.85. The lowest BCUT2D eigenvalue weighted by atomic mass is 10.4. The summed E-state index contributed by atoms with van der Waals surface area (Å²) >= 11 is 1.29. The maximum atomic E-state index is 11.3. The Morgan fingerprint density at radius 2 is 2.50 bits per heavy atom. The molecule has 0 unspecified atom stereocenters. The van der Waals surface area contributed by atoms with Crippen LogP contribution in [0.2, 0.25) is 0 Å². The smallest absolute Gasteiger partial charge is 0.283 e. The summed E-state index contributed by atoms with van der Waals surface area (Å²) in [6.07, 6.45) is 2.94. The van der Waals surface area contributed by atoms with Gasteiger partial charge in [0.15, 0.2) is 0 Å². The Bertz CT molecular complexity index is 454. The van der Waals surface area contributed by atoms with Crippen LogP contribution in [-0.2, 0) is 6.54 Å². The topological polar surface area (TPSA) is 34.4 Å². The SMILES string of the molecule is CC=c1sc(=O)n2c1=NCCC2. The predicted molar refractivity (Wildman–Crippen MR) is 49.0 cm³/mol. The number of thiazole rings is 1. The second kappa shape index (κ2) is 2.86. The van der Waals surface area contributed by atoms with E-state index in [1.54, 1.807) is 4.57 Å². The summed E-state index contributed by atoms with van der Waals surface area (Å²) in [7, 11) is 0. The maximum absolute atomic E-state index is 11.3. The molecular formula is C8H10N2OS. The molecule has 1 aromatic rings. The summed E-state index contributed by atoms with van der Waals surface area (Å²) in [4.78, 5) is 15.8. The number of hydrogen-bond donors (Lipinski definition) is 0. The van der Waals surface area contributed by atoms with Gasteiger partial charge in [0, 0.05) is 13.1 Å². The highest BCUT2D eigenvalue weighted by Gasteiger charge is 2.07. The molecule has 12 heavy (non-hydrogen) atoms. The van der Waals surface area contributed by atoms with Gasteiger partial charge < -0.3 is 0 Å². The van der Waals surface area contributed by atoms with Crippen molar-refractivity contribution in [1.82, 2.24) is 4.57 Å².